The van der Waals surface area contributed by atoms with E-state index in [0.717, 1.165) is 25.7 Å². The molecule has 1 heterocycles. The molecule has 3 N–H and O–H groups in total. The van der Waals surface area contributed by atoms with Gasteiger partial charge in [-0.05, 0) is 32.1 Å². The summed E-state index contributed by atoms with van der Waals surface area (Å²) in [6, 6.07) is -0.634. The molecule has 5 heteroatoms. The van der Waals surface area contributed by atoms with Crippen molar-refractivity contribution in [2.45, 2.75) is 38.1 Å². The number of carboxylic acids is 1. The standard InChI is InChI=1S/C11H18N2O3/c12-7-11(4-5-11)10(16)13-6-2-1-3-8(13)9(14)15/h8H,1-7,12H2,(H,14,15)/t8-/m1/s1. The number of carbonyl (C=O) groups excluding carboxylic acids is 1. The van der Waals surface area contributed by atoms with E-state index in [2.05, 4.69) is 0 Å². The molecule has 0 radical (unpaired) electrons. The Labute approximate surface area is 94.6 Å². The number of rotatable bonds is 3. The highest BCUT2D eigenvalue weighted by molar-refractivity contribution is 5.89. The molecule has 16 heavy (non-hydrogen) atoms. The second-order valence-electron chi connectivity index (χ2n) is 4.83. The van der Waals surface area contributed by atoms with Crippen LogP contribution in [0.15, 0.2) is 0 Å². The first kappa shape index (κ1) is 11.4. The minimum Gasteiger partial charge on any atom is -0.480 e. The lowest BCUT2D eigenvalue weighted by Crippen LogP contribution is -2.51. The van der Waals surface area contributed by atoms with Crippen molar-refractivity contribution in [2.24, 2.45) is 11.1 Å². The van der Waals surface area contributed by atoms with Gasteiger partial charge in [0.15, 0.2) is 0 Å². The molecule has 5 nitrogen and oxygen atoms in total. The van der Waals surface area contributed by atoms with Crippen LogP contribution in [0.25, 0.3) is 0 Å². The van der Waals surface area contributed by atoms with Crippen LogP contribution in [0, 0.1) is 5.41 Å². The number of hydrogen-bond donors (Lipinski definition) is 2. The fraction of sp³-hybridized carbons (Fsp3) is 0.818. The van der Waals surface area contributed by atoms with Gasteiger partial charge in [0.05, 0.1) is 5.41 Å². The second kappa shape index (κ2) is 4.05. The predicted molar refractivity (Wildman–Crippen MR) is 57.7 cm³/mol. The Kier molecular flexibility index (Phi) is 2.88. The predicted octanol–water partition coefficient (Wildman–Crippen LogP) is 0.191. The Morgan fingerprint density at radius 2 is 2.06 bits per heavy atom. The van der Waals surface area contributed by atoms with Crippen molar-refractivity contribution in [3.63, 3.8) is 0 Å². The minimum absolute atomic E-state index is 0.0397. The van der Waals surface area contributed by atoms with Crippen molar-refractivity contribution < 1.29 is 14.7 Å². The lowest BCUT2D eigenvalue weighted by molar-refractivity contribution is -0.154. The van der Waals surface area contributed by atoms with E-state index in [9.17, 15) is 9.59 Å². The maximum atomic E-state index is 12.2. The van der Waals surface area contributed by atoms with Crippen LogP contribution in [0.5, 0.6) is 0 Å². The molecule has 1 saturated carbocycles. The van der Waals surface area contributed by atoms with E-state index < -0.39 is 17.4 Å². The number of likely N-dealkylation sites (tertiary alicyclic amines) is 1. The van der Waals surface area contributed by atoms with Crippen molar-refractivity contribution in [3.05, 3.63) is 0 Å². The van der Waals surface area contributed by atoms with Crippen LogP contribution in [-0.4, -0.2) is 41.0 Å². The van der Waals surface area contributed by atoms with E-state index in [4.69, 9.17) is 10.8 Å². The van der Waals surface area contributed by atoms with E-state index in [1.54, 1.807) is 0 Å². The molecule has 0 unspecified atom stereocenters. The van der Waals surface area contributed by atoms with Crippen LogP contribution in [0.1, 0.15) is 32.1 Å². The summed E-state index contributed by atoms with van der Waals surface area (Å²) in [4.78, 5) is 24.8. The van der Waals surface area contributed by atoms with Gasteiger partial charge < -0.3 is 15.7 Å². The molecular formula is C11H18N2O3. The van der Waals surface area contributed by atoms with Crippen LogP contribution in [0.4, 0.5) is 0 Å². The number of carbonyl (C=O) groups is 2. The smallest absolute Gasteiger partial charge is 0.326 e. The van der Waals surface area contributed by atoms with E-state index in [1.807, 2.05) is 0 Å². The summed E-state index contributed by atoms with van der Waals surface area (Å²) in [5.74, 6) is -0.928. The highest BCUT2D eigenvalue weighted by Gasteiger charge is 2.52. The fourth-order valence-corrected chi connectivity index (χ4v) is 2.39. The van der Waals surface area contributed by atoms with E-state index in [0.29, 0.717) is 19.5 Å². The first-order valence-corrected chi connectivity index (χ1v) is 5.85. The normalized spacial score (nSPS) is 27.6. The van der Waals surface area contributed by atoms with Gasteiger partial charge in [0.25, 0.3) is 0 Å². The molecule has 0 aromatic carbocycles. The quantitative estimate of drug-likeness (QED) is 0.719. The average Bonchev–Trinajstić information content (AvgIpc) is 3.09. The van der Waals surface area contributed by atoms with Crippen LogP contribution < -0.4 is 5.73 Å². The van der Waals surface area contributed by atoms with Gasteiger partial charge in [0, 0.05) is 13.1 Å². The summed E-state index contributed by atoms with van der Waals surface area (Å²) in [5.41, 5.74) is 5.18. The third kappa shape index (κ3) is 1.80. The zero-order valence-corrected chi connectivity index (χ0v) is 9.32. The number of aliphatic carboxylic acids is 1. The van der Waals surface area contributed by atoms with Gasteiger partial charge in [-0.2, -0.15) is 0 Å². The maximum Gasteiger partial charge on any atom is 0.326 e. The van der Waals surface area contributed by atoms with Crippen molar-refractivity contribution in [3.8, 4) is 0 Å². The van der Waals surface area contributed by atoms with Crippen LogP contribution in [0.2, 0.25) is 0 Å². The van der Waals surface area contributed by atoms with Crippen molar-refractivity contribution >= 4 is 11.9 Å². The highest BCUT2D eigenvalue weighted by atomic mass is 16.4. The summed E-state index contributed by atoms with van der Waals surface area (Å²) in [7, 11) is 0. The molecular weight excluding hydrogens is 208 g/mol. The Morgan fingerprint density at radius 1 is 1.38 bits per heavy atom. The Morgan fingerprint density at radius 3 is 2.56 bits per heavy atom. The van der Waals surface area contributed by atoms with Crippen molar-refractivity contribution in [1.82, 2.24) is 4.90 Å². The average molecular weight is 226 g/mol. The molecule has 2 aliphatic rings. The van der Waals surface area contributed by atoms with Gasteiger partial charge in [-0.15, -0.1) is 0 Å². The molecule has 1 aliphatic heterocycles. The molecule has 1 aliphatic carbocycles. The Hall–Kier alpha value is -1.10. The molecule has 0 spiro atoms. The molecule has 2 fully saturated rings. The van der Waals surface area contributed by atoms with Crippen LogP contribution in [0.3, 0.4) is 0 Å². The number of piperidine rings is 1. The third-order valence-electron chi connectivity index (χ3n) is 3.75. The molecule has 0 bridgehead atoms. The lowest BCUT2D eigenvalue weighted by Gasteiger charge is -2.35. The molecule has 1 atom stereocenters. The van der Waals surface area contributed by atoms with E-state index in [1.165, 1.54) is 4.90 Å². The van der Waals surface area contributed by atoms with Gasteiger partial charge in [-0.3, -0.25) is 4.79 Å². The fourth-order valence-electron chi connectivity index (χ4n) is 2.39. The number of amides is 1. The zero-order valence-electron chi connectivity index (χ0n) is 9.32. The lowest BCUT2D eigenvalue weighted by atomic mass is 9.98. The molecule has 2 rings (SSSR count). The van der Waals surface area contributed by atoms with Crippen molar-refractivity contribution in [2.75, 3.05) is 13.1 Å². The van der Waals surface area contributed by atoms with Gasteiger partial charge in [-0.25, -0.2) is 4.79 Å². The van der Waals surface area contributed by atoms with E-state index >= 15 is 0 Å². The van der Waals surface area contributed by atoms with Gasteiger partial charge in [0.1, 0.15) is 6.04 Å². The first-order chi connectivity index (χ1) is 7.60. The topological polar surface area (TPSA) is 83.6 Å². The molecule has 0 aromatic rings. The third-order valence-corrected chi connectivity index (χ3v) is 3.75. The summed E-state index contributed by atoms with van der Waals surface area (Å²) in [6.07, 6.45) is 3.98. The number of nitrogens with zero attached hydrogens (tertiary/aromatic N) is 1. The molecule has 90 valence electrons. The van der Waals surface area contributed by atoms with Crippen LogP contribution in [-0.2, 0) is 9.59 Å². The second-order valence-corrected chi connectivity index (χ2v) is 4.83. The zero-order chi connectivity index (χ0) is 11.8. The SMILES string of the molecule is NCC1(C(=O)N2CCCC[C@@H]2C(=O)O)CC1. The Balaban J connectivity index is 2.11. The largest absolute Gasteiger partial charge is 0.480 e. The van der Waals surface area contributed by atoms with Gasteiger partial charge in [-0.1, -0.05) is 0 Å². The summed E-state index contributed by atoms with van der Waals surface area (Å²) in [5, 5.41) is 9.09. The van der Waals surface area contributed by atoms with Crippen molar-refractivity contribution in [1.29, 1.82) is 0 Å². The maximum absolute atomic E-state index is 12.2. The van der Waals surface area contributed by atoms with E-state index in [-0.39, 0.29) is 5.91 Å². The summed E-state index contributed by atoms with van der Waals surface area (Å²) in [6.45, 7) is 0.909. The van der Waals surface area contributed by atoms with Gasteiger partial charge in [0.2, 0.25) is 5.91 Å². The molecule has 1 saturated heterocycles. The number of hydrogen-bond acceptors (Lipinski definition) is 3. The van der Waals surface area contributed by atoms with Crippen LogP contribution >= 0.6 is 0 Å². The highest BCUT2D eigenvalue weighted by Crippen LogP contribution is 2.46. The van der Waals surface area contributed by atoms with Gasteiger partial charge >= 0.3 is 5.97 Å². The number of carboxylic acid groups (broad SMARTS) is 1. The molecule has 1 amide bonds. The molecule has 0 aromatic heterocycles. The number of nitrogens with two attached hydrogens (primary N) is 1. The minimum atomic E-state index is -0.888. The Bertz CT molecular complexity index is 312. The summed E-state index contributed by atoms with van der Waals surface area (Å²) >= 11 is 0. The summed E-state index contributed by atoms with van der Waals surface area (Å²) < 4.78 is 0. The first-order valence-electron chi connectivity index (χ1n) is 5.85. The monoisotopic (exact) mass is 226 g/mol.